The Kier molecular flexibility index (Phi) is 3.17. The smallest absolute Gasteiger partial charge is 0.0351 e. The van der Waals surface area contributed by atoms with Gasteiger partial charge in [0.05, 0.1) is 0 Å². The number of rotatable bonds is 1. The molecule has 1 unspecified atom stereocenters. The van der Waals surface area contributed by atoms with Gasteiger partial charge >= 0.3 is 0 Å². The van der Waals surface area contributed by atoms with Crippen LogP contribution in [0.1, 0.15) is 42.9 Å². The summed E-state index contributed by atoms with van der Waals surface area (Å²) < 4.78 is 0. The Labute approximate surface area is 104 Å². The van der Waals surface area contributed by atoms with E-state index in [1.54, 1.807) is 11.1 Å². The lowest BCUT2D eigenvalue weighted by Gasteiger charge is -2.37. The van der Waals surface area contributed by atoms with E-state index in [0.717, 1.165) is 12.5 Å². The second-order valence-electron chi connectivity index (χ2n) is 5.56. The molecule has 1 aromatic carbocycles. The molecular formula is C15H22N2. The highest BCUT2D eigenvalue weighted by Crippen LogP contribution is 2.36. The Balaban J connectivity index is 1.80. The van der Waals surface area contributed by atoms with Crippen LogP contribution in [-0.2, 0) is 6.42 Å². The fraction of sp³-hybridized carbons (Fsp3) is 0.600. The van der Waals surface area contributed by atoms with E-state index in [1.165, 1.54) is 32.1 Å². The number of nitrogens with two attached hydrogens (primary N) is 1. The molecule has 0 aromatic heterocycles. The van der Waals surface area contributed by atoms with Crippen molar-refractivity contribution in [2.75, 3.05) is 6.54 Å². The summed E-state index contributed by atoms with van der Waals surface area (Å²) in [7, 11) is 0. The van der Waals surface area contributed by atoms with Crippen LogP contribution in [0.5, 0.6) is 0 Å². The summed E-state index contributed by atoms with van der Waals surface area (Å²) in [6.07, 6.45) is 6.15. The van der Waals surface area contributed by atoms with Gasteiger partial charge in [-0.1, -0.05) is 24.3 Å². The van der Waals surface area contributed by atoms with Crippen molar-refractivity contribution in [3.8, 4) is 0 Å². The molecule has 1 aliphatic carbocycles. The van der Waals surface area contributed by atoms with Crippen molar-refractivity contribution in [1.82, 2.24) is 5.32 Å². The van der Waals surface area contributed by atoms with Crippen molar-refractivity contribution < 1.29 is 0 Å². The van der Waals surface area contributed by atoms with Crippen LogP contribution in [0.4, 0.5) is 0 Å². The molecule has 3 N–H and O–H groups in total. The van der Waals surface area contributed by atoms with Crippen LogP contribution >= 0.6 is 0 Å². The molecule has 92 valence electrons. The molecule has 1 aliphatic heterocycles. The first-order chi connectivity index (χ1) is 8.34. The number of benzene rings is 1. The lowest BCUT2D eigenvalue weighted by molar-refractivity contribution is 0.248. The highest BCUT2D eigenvalue weighted by atomic mass is 14.9. The molecule has 1 heterocycles. The topological polar surface area (TPSA) is 38.0 Å². The highest BCUT2D eigenvalue weighted by Gasteiger charge is 2.29. The maximum absolute atomic E-state index is 6.00. The standard InChI is InChI=1S/C15H22N2/c16-13-7-5-12(6-8-13)15-14-4-2-1-3-11(14)9-10-17-15/h1-4,12-13,15,17H,5-10,16H2. The largest absolute Gasteiger partial charge is 0.328 e. The quantitative estimate of drug-likeness (QED) is 0.777. The Morgan fingerprint density at radius 3 is 2.65 bits per heavy atom. The van der Waals surface area contributed by atoms with Crippen molar-refractivity contribution in [3.63, 3.8) is 0 Å². The number of hydrogen-bond acceptors (Lipinski definition) is 2. The number of fused-ring (bicyclic) bond motifs is 1. The summed E-state index contributed by atoms with van der Waals surface area (Å²) in [5.41, 5.74) is 9.09. The predicted octanol–water partition coefficient (Wildman–Crippen LogP) is 2.39. The lowest BCUT2D eigenvalue weighted by atomic mass is 9.77. The maximum Gasteiger partial charge on any atom is 0.0351 e. The molecule has 1 atom stereocenters. The predicted molar refractivity (Wildman–Crippen MR) is 70.8 cm³/mol. The van der Waals surface area contributed by atoms with E-state index < -0.39 is 0 Å². The number of hydrogen-bond donors (Lipinski definition) is 2. The van der Waals surface area contributed by atoms with Gasteiger partial charge < -0.3 is 11.1 Å². The van der Waals surface area contributed by atoms with Gasteiger partial charge in [-0.15, -0.1) is 0 Å². The zero-order valence-electron chi connectivity index (χ0n) is 10.4. The molecule has 17 heavy (non-hydrogen) atoms. The Morgan fingerprint density at radius 2 is 1.82 bits per heavy atom. The van der Waals surface area contributed by atoms with E-state index in [4.69, 9.17) is 5.73 Å². The Bertz CT molecular complexity index is 380. The van der Waals surface area contributed by atoms with Gasteiger partial charge in [-0.05, 0) is 55.7 Å². The van der Waals surface area contributed by atoms with E-state index in [2.05, 4.69) is 29.6 Å². The maximum atomic E-state index is 6.00. The van der Waals surface area contributed by atoms with Gasteiger partial charge in [0, 0.05) is 12.1 Å². The molecule has 0 bridgehead atoms. The van der Waals surface area contributed by atoms with Crippen LogP contribution in [0.15, 0.2) is 24.3 Å². The zero-order chi connectivity index (χ0) is 11.7. The van der Waals surface area contributed by atoms with Crippen LogP contribution in [0.25, 0.3) is 0 Å². The van der Waals surface area contributed by atoms with Gasteiger partial charge in [-0.25, -0.2) is 0 Å². The van der Waals surface area contributed by atoms with Gasteiger partial charge in [0.25, 0.3) is 0 Å². The molecule has 0 spiro atoms. The minimum atomic E-state index is 0.449. The number of nitrogens with one attached hydrogen (secondary N) is 1. The highest BCUT2D eigenvalue weighted by molar-refractivity contribution is 5.32. The molecule has 2 aliphatic rings. The summed E-state index contributed by atoms with van der Waals surface area (Å²) in [6, 6.07) is 9.96. The van der Waals surface area contributed by atoms with Crippen LogP contribution in [0, 0.1) is 5.92 Å². The first-order valence-corrected chi connectivity index (χ1v) is 6.91. The van der Waals surface area contributed by atoms with Crippen molar-refractivity contribution >= 4 is 0 Å². The molecule has 0 radical (unpaired) electrons. The summed E-state index contributed by atoms with van der Waals surface area (Å²) in [5, 5.41) is 3.72. The summed E-state index contributed by atoms with van der Waals surface area (Å²) in [6.45, 7) is 1.13. The monoisotopic (exact) mass is 230 g/mol. The average Bonchev–Trinajstić information content (AvgIpc) is 2.39. The van der Waals surface area contributed by atoms with E-state index in [0.29, 0.717) is 12.1 Å². The Morgan fingerprint density at radius 1 is 1.06 bits per heavy atom. The average molecular weight is 230 g/mol. The first-order valence-electron chi connectivity index (χ1n) is 6.91. The van der Waals surface area contributed by atoms with Gasteiger partial charge in [0.15, 0.2) is 0 Å². The first kappa shape index (κ1) is 11.2. The van der Waals surface area contributed by atoms with Gasteiger partial charge in [0.2, 0.25) is 0 Å². The fourth-order valence-corrected chi connectivity index (χ4v) is 3.44. The normalized spacial score (nSPS) is 33.1. The SMILES string of the molecule is NC1CCC(C2NCCc3ccccc32)CC1. The summed E-state index contributed by atoms with van der Waals surface area (Å²) >= 11 is 0. The molecule has 1 saturated carbocycles. The third kappa shape index (κ3) is 2.24. The van der Waals surface area contributed by atoms with Crippen molar-refractivity contribution in [2.45, 2.75) is 44.2 Å². The van der Waals surface area contributed by atoms with Crippen LogP contribution in [-0.4, -0.2) is 12.6 Å². The van der Waals surface area contributed by atoms with Crippen LogP contribution < -0.4 is 11.1 Å². The second kappa shape index (κ2) is 4.79. The lowest BCUT2D eigenvalue weighted by Crippen LogP contribution is -2.38. The van der Waals surface area contributed by atoms with Crippen LogP contribution in [0.2, 0.25) is 0 Å². The second-order valence-corrected chi connectivity index (χ2v) is 5.56. The molecule has 2 nitrogen and oxygen atoms in total. The fourth-order valence-electron chi connectivity index (χ4n) is 3.44. The molecule has 0 amide bonds. The van der Waals surface area contributed by atoms with Gasteiger partial charge in [-0.3, -0.25) is 0 Å². The third-order valence-corrected chi connectivity index (χ3v) is 4.44. The summed E-state index contributed by atoms with van der Waals surface area (Å²) in [4.78, 5) is 0. The van der Waals surface area contributed by atoms with E-state index in [9.17, 15) is 0 Å². The van der Waals surface area contributed by atoms with E-state index in [-0.39, 0.29) is 0 Å². The third-order valence-electron chi connectivity index (χ3n) is 4.44. The summed E-state index contributed by atoms with van der Waals surface area (Å²) in [5.74, 6) is 0.788. The molecule has 1 fully saturated rings. The minimum Gasteiger partial charge on any atom is -0.328 e. The molecule has 0 saturated heterocycles. The van der Waals surface area contributed by atoms with Gasteiger partial charge in [0.1, 0.15) is 0 Å². The Hall–Kier alpha value is -0.860. The molecule has 1 aromatic rings. The van der Waals surface area contributed by atoms with Gasteiger partial charge in [-0.2, -0.15) is 0 Å². The van der Waals surface area contributed by atoms with Crippen LogP contribution in [0.3, 0.4) is 0 Å². The van der Waals surface area contributed by atoms with Crippen molar-refractivity contribution in [2.24, 2.45) is 11.7 Å². The van der Waals surface area contributed by atoms with Crippen molar-refractivity contribution in [3.05, 3.63) is 35.4 Å². The minimum absolute atomic E-state index is 0.449. The molecular weight excluding hydrogens is 208 g/mol. The molecule has 2 heteroatoms. The van der Waals surface area contributed by atoms with E-state index >= 15 is 0 Å². The van der Waals surface area contributed by atoms with Crippen molar-refractivity contribution in [1.29, 1.82) is 0 Å². The zero-order valence-corrected chi connectivity index (χ0v) is 10.4. The molecule has 3 rings (SSSR count). The van der Waals surface area contributed by atoms with E-state index in [1.807, 2.05) is 0 Å².